The van der Waals surface area contributed by atoms with Crippen LogP contribution in [0, 0.1) is 0 Å². The molecule has 0 saturated carbocycles. The first kappa shape index (κ1) is 12.9. The molecule has 86 valence electrons. The number of amides is 1. The molecule has 1 saturated heterocycles. The number of hydrogen-bond donors (Lipinski definition) is 0. The molecule has 0 aromatic carbocycles. The van der Waals surface area contributed by atoms with Crippen molar-refractivity contribution >= 4 is 34.2 Å². The van der Waals surface area contributed by atoms with Gasteiger partial charge < -0.3 is 9.47 Å². The van der Waals surface area contributed by atoms with Crippen LogP contribution in [0.5, 0.6) is 0 Å². The molecule has 0 unspecified atom stereocenters. The number of carbonyl (C=O) groups is 1. The number of thioether (sulfide) groups is 1. The molecule has 1 rings (SSSR count). The van der Waals surface area contributed by atoms with Gasteiger partial charge in [-0.2, -0.15) is 0 Å². The lowest BCUT2D eigenvalue weighted by atomic mass is 10.3. The molecule has 1 aliphatic heterocycles. The van der Waals surface area contributed by atoms with Gasteiger partial charge in [0, 0.05) is 27.2 Å². The predicted molar refractivity (Wildman–Crippen MR) is 63.8 cm³/mol. The van der Waals surface area contributed by atoms with Crippen LogP contribution in [0.1, 0.15) is 12.8 Å². The van der Waals surface area contributed by atoms with Crippen molar-refractivity contribution in [1.29, 1.82) is 0 Å². The van der Waals surface area contributed by atoms with Gasteiger partial charge in [-0.25, -0.2) is 0 Å². The summed E-state index contributed by atoms with van der Waals surface area (Å²) in [5.41, 5.74) is 0. The number of rotatable bonds is 6. The third kappa shape index (κ3) is 3.71. The monoisotopic (exact) mass is 249 g/mol. The van der Waals surface area contributed by atoms with Crippen molar-refractivity contribution in [3.63, 3.8) is 0 Å². The van der Waals surface area contributed by atoms with Crippen LogP contribution in [0.4, 0.5) is 0 Å². The number of ether oxygens (including phenoxy) is 2. The molecule has 0 aromatic heterocycles. The van der Waals surface area contributed by atoms with Gasteiger partial charge in [-0.15, -0.1) is 0 Å². The van der Waals surface area contributed by atoms with Crippen LogP contribution in [0.25, 0.3) is 0 Å². The van der Waals surface area contributed by atoms with Crippen LogP contribution in [-0.4, -0.2) is 47.9 Å². The van der Waals surface area contributed by atoms with Gasteiger partial charge in [0.15, 0.2) is 6.29 Å². The van der Waals surface area contributed by atoms with Gasteiger partial charge in [-0.05, 0) is 6.42 Å². The Kier molecular flexibility index (Phi) is 5.52. The Morgan fingerprint density at radius 2 is 2.20 bits per heavy atom. The first-order valence-electron chi connectivity index (χ1n) is 4.71. The van der Waals surface area contributed by atoms with E-state index in [0.717, 1.165) is 12.8 Å². The van der Waals surface area contributed by atoms with Crippen molar-refractivity contribution in [2.24, 2.45) is 0 Å². The SMILES string of the molecule is COC(CCCN1C(=O)CSC1=S)OC. The molecule has 1 amide bonds. The van der Waals surface area contributed by atoms with Crippen LogP contribution in [-0.2, 0) is 14.3 Å². The Hall–Kier alpha value is -0.170. The fraction of sp³-hybridized carbons (Fsp3) is 0.778. The maximum absolute atomic E-state index is 11.4. The molecule has 0 atom stereocenters. The fourth-order valence-corrected chi connectivity index (χ4v) is 2.47. The first-order chi connectivity index (χ1) is 7.19. The second-order valence-corrected chi connectivity index (χ2v) is 4.75. The summed E-state index contributed by atoms with van der Waals surface area (Å²) in [4.78, 5) is 13.0. The van der Waals surface area contributed by atoms with E-state index < -0.39 is 0 Å². The van der Waals surface area contributed by atoms with Crippen molar-refractivity contribution in [2.45, 2.75) is 19.1 Å². The summed E-state index contributed by atoms with van der Waals surface area (Å²) in [6.07, 6.45) is 1.41. The molecular weight excluding hydrogens is 234 g/mol. The number of thiocarbonyl (C=S) groups is 1. The lowest BCUT2D eigenvalue weighted by molar-refractivity contribution is -0.125. The van der Waals surface area contributed by atoms with E-state index in [-0.39, 0.29) is 12.2 Å². The normalized spacial score (nSPS) is 16.9. The summed E-state index contributed by atoms with van der Waals surface area (Å²) >= 11 is 6.49. The van der Waals surface area contributed by atoms with E-state index in [0.29, 0.717) is 16.6 Å². The van der Waals surface area contributed by atoms with Crippen LogP contribution < -0.4 is 0 Å². The third-order valence-corrected chi connectivity index (χ3v) is 3.62. The summed E-state index contributed by atoms with van der Waals surface area (Å²) < 4.78 is 10.8. The van der Waals surface area contributed by atoms with E-state index in [2.05, 4.69) is 0 Å². The maximum Gasteiger partial charge on any atom is 0.238 e. The van der Waals surface area contributed by atoms with Crippen LogP contribution in [0.2, 0.25) is 0 Å². The smallest absolute Gasteiger partial charge is 0.238 e. The fourth-order valence-electron chi connectivity index (χ4n) is 1.35. The van der Waals surface area contributed by atoms with Crippen molar-refractivity contribution in [1.82, 2.24) is 4.90 Å². The number of carbonyl (C=O) groups excluding carboxylic acids is 1. The quantitative estimate of drug-likeness (QED) is 0.523. The zero-order chi connectivity index (χ0) is 11.3. The molecule has 0 radical (unpaired) electrons. The zero-order valence-electron chi connectivity index (χ0n) is 8.89. The minimum atomic E-state index is -0.191. The number of nitrogens with zero attached hydrogens (tertiary/aromatic N) is 1. The highest BCUT2D eigenvalue weighted by Gasteiger charge is 2.25. The molecule has 15 heavy (non-hydrogen) atoms. The molecule has 0 aliphatic carbocycles. The van der Waals surface area contributed by atoms with E-state index in [1.54, 1.807) is 19.1 Å². The molecule has 0 N–H and O–H groups in total. The average molecular weight is 249 g/mol. The van der Waals surface area contributed by atoms with Crippen molar-refractivity contribution in [3.8, 4) is 0 Å². The topological polar surface area (TPSA) is 38.8 Å². The summed E-state index contributed by atoms with van der Waals surface area (Å²) in [6.45, 7) is 0.661. The molecule has 1 fully saturated rings. The van der Waals surface area contributed by atoms with Gasteiger partial charge in [-0.3, -0.25) is 9.69 Å². The lowest BCUT2D eigenvalue weighted by Gasteiger charge is -2.17. The predicted octanol–water partition coefficient (Wildman–Crippen LogP) is 1.25. The Labute approximate surface area is 99.3 Å². The van der Waals surface area contributed by atoms with Crippen molar-refractivity contribution in [2.75, 3.05) is 26.5 Å². The van der Waals surface area contributed by atoms with Crippen molar-refractivity contribution in [3.05, 3.63) is 0 Å². The maximum atomic E-state index is 11.4. The van der Waals surface area contributed by atoms with Gasteiger partial charge in [0.05, 0.1) is 5.75 Å². The second-order valence-electron chi connectivity index (χ2n) is 3.14. The lowest BCUT2D eigenvalue weighted by Crippen LogP contribution is -2.30. The van der Waals surface area contributed by atoms with E-state index in [4.69, 9.17) is 21.7 Å². The summed E-state index contributed by atoms with van der Waals surface area (Å²) in [5, 5.41) is 0. The third-order valence-electron chi connectivity index (χ3n) is 2.19. The van der Waals surface area contributed by atoms with E-state index >= 15 is 0 Å². The molecule has 1 aliphatic rings. The summed E-state index contributed by atoms with van der Waals surface area (Å²) in [5.74, 6) is 0.591. The highest BCUT2D eigenvalue weighted by atomic mass is 32.2. The molecule has 6 heteroatoms. The van der Waals surface area contributed by atoms with Crippen LogP contribution in [0.15, 0.2) is 0 Å². The Bertz CT molecular complexity index is 228. The van der Waals surface area contributed by atoms with Gasteiger partial charge in [-0.1, -0.05) is 24.0 Å². The van der Waals surface area contributed by atoms with Crippen LogP contribution >= 0.6 is 24.0 Å². The summed E-state index contributed by atoms with van der Waals surface area (Å²) in [7, 11) is 3.21. The summed E-state index contributed by atoms with van der Waals surface area (Å²) in [6, 6.07) is 0. The number of methoxy groups -OCH3 is 2. The zero-order valence-corrected chi connectivity index (χ0v) is 10.5. The number of hydrogen-bond acceptors (Lipinski definition) is 5. The molecule has 0 bridgehead atoms. The van der Waals surface area contributed by atoms with Crippen LogP contribution in [0.3, 0.4) is 0 Å². The second kappa shape index (κ2) is 6.42. The van der Waals surface area contributed by atoms with E-state index in [1.807, 2.05) is 0 Å². The van der Waals surface area contributed by atoms with Gasteiger partial charge in [0.1, 0.15) is 4.32 Å². The van der Waals surface area contributed by atoms with E-state index in [9.17, 15) is 4.79 Å². The molecule has 0 spiro atoms. The molecule has 0 aromatic rings. The molecular formula is C9H15NO3S2. The largest absolute Gasteiger partial charge is 0.356 e. The first-order valence-corrected chi connectivity index (χ1v) is 6.11. The highest BCUT2D eigenvalue weighted by molar-refractivity contribution is 8.23. The Morgan fingerprint density at radius 1 is 1.53 bits per heavy atom. The minimum Gasteiger partial charge on any atom is -0.356 e. The molecule has 4 nitrogen and oxygen atoms in total. The highest BCUT2D eigenvalue weighted by Crippen LogP contribution is 2.19. The Balaban J connectivity index is 2.24. The Morgan fingerprint density at radius 3 is 2.67 bits per heavy atom. The minimum absolute atomic E-state index is 0.108. The van der Waals surface area contributed by atoms with Gasteiger partial charge in [0.25, 0.3) is 0 Å². The van der Waals surface area contributed by atoms with Gasteiger partial charge in [0.2, 0.25) is 5.91 Å². The standard InChI is InChI=1S/C9H15NO3S2/c1-12-8(13-2)4-3-5-10-7(11)6-15-9(10)14/h8H,3-6H2,1-2H3. The van der Waals surface area contributed by atoms with Crippen molar-refractivity contribution < 1.29 is 14.3 Å². The van der Waals surface area contributed by atoms with E-state index in [1.165, 1.54) is 11.8 Å². The molecule has 1 heterocycles. The average Bonchev–Trinajstić information content (AvgIpc) is 2.55. The van der Waals surface area contributed by atoms with Gasteiger partial charge >= 0.3 is 0 Å².